The van der Waals surface area contributed by atoms with Gasteiger partial charge in [-0.2, -0.15) is 0 Å². The van der Waals surface area contributed by atoms with E-state index >= 15 is 0 Å². The minimum atomic E-state index is 0.129. The fourth-order valence-electron chi connectivity index (χ4n) is 4.63. The van der Waals surface area contributed by atoms with Crippen LogP contribution in [0.4, 0.5) is 5.95 Å². The van der Waals surface area contributed by atoms with Gasteiger partial charge in [-0.15, -0.1) is 0 Å². The Morgan fingerprint density at radius 2 is 1.58 bits per heavy atom. The number of rotatable bonds is 6. The summed E-state index contributed by atoms with van der Waals surface area (Å²) in [7, 11) is 3.37. The van der Waals surface area contributed by atoms with Gasteiger partial charge < -0.3 is 9.47 Å². The van der Waals surface area contributed by atoms with E-state index in [9.17, 15) is 0 Å². The smallest absolute Gasteiger partial charge is 0.397 e. The van der Waals surface area contributed by atoms with Crippen LogP contribution in [0.1, 0.15) is 37.5 Å². The molecule has 0 aliphatic heterocycles. The number of aliphatic imine (C=N–C) groups is 1. The molecule has 0 spiro atoms. The summed E-state index contributed by atoms with van der Waals surface area (Å²) in [5.74, 6) is 2.38. The van der Waals surface area contributed by atoms with E-state index in [0.29, 0.717) is 6.54 Å². The fourth-order valence-corrected chi connectivity index (χ4v) is 4.63. The molecule has 182 valence electrons. The van der Waals surface area contributed by atoms with Gasteiger partial charge in [0.05, 0.1) is 20.8 Å². The molecule has 4 aromatic carbocycles. The molecule has 0 amide bonds. The number of hydrogen-bond acceptors (Lipinski definition) is 3. The average Bonchev–Trinajstić information content (AvgIpc) is 3.23. The second kappa shape index (κ2) is 9.50. The first-order valence-corrected chi connectivity index (χ1v) is 12.2. The number of methoxy groups -OCH3 is 2. The first-order chi connectivity index (χ1) is 17.4. The van der Waals surface area contributed by atoms with E-state index in [2.05, 4.69) is 72.8 Å². The summed E-state index contributed by atoms with van der Waals surface area (Å²) in [6.45, 7) is 7.43. The highest BCUT2D eigenvalue weighted by Gasteiger charge is 2.19. The van der Waals surface area contributed by atoms with E-state index < -0.39 is 0 Å². The number of aromatic amines is 1. The molecule has 0 saturated heterocycles. The van der Waals surface area contributed by atoms with Crippen molar-refractivity contribution in [2.75, 3.05) is 14.2 Å². The van der Waals surface area contributed by atoms with Crippen molar-refractivity contribution in [3.05, 3.63) is 95.6 Å². The summed E-state index contributed by atoms with van der Waals surface area (Å²) in [6, 6.07) is 27.1. The van der Waals surface area contributed by atoms with Gasteiger partial charge in [-0.3, -0.25) is 0 Å². The van der Waals surface area contributed by atoms with E-state index in [4.69, 9.17) is 14.5 Å². The Hall–Kier alpha value is -4.12. The average molecular weight is 479 g/mol. The van der Waals surface area contributed by atoms with Crippen LogP contribution in [0, 0.1) is 0 Å². The van der Waals surface area contributed by atoms with Gasteiger partial charge in [0.2, 0.25) is 0 Å². The summed E-state index contributed by atoms with van der Waals surface area (Å²) in [6.07, 6.45) is 1.90. The van der Waals surface area contributed by atoms with E-state index in [-0.39, 0.29) is 5.41 Å². The number of fused-ring (bicyclic) bond motifs is 2. The predicted molar refractivity (Wildman–Crippen MR) is 147 cm³/mol. The van der Waals surface area contributed by atoms with Crippen LogP contribution < -0.4 is 14.0 Å². The van der Waals surface area contributed by atoms with Crippen molar-refractivity contribution in [2.24, 2.45) is 4.99 Å². The molecule has 1 aromatic heterocycles. The van der Waals surface area contributed by atoms with Gasteiger partial charge in [0, 0.05) is 16.3 Å². The topological polar surface area (TPSA) is 50.5 Å². The Morgan fingerprint density at radius 1 is 0.833 bits per heavy atom. The van der Waals surface area contributed by atoms with Crippen molar-refractivity contribution in [2.45, 2.75) is 32.7 Å². The van der Waals surface area contributed by atoms with Crippen molar-refractivity contribution in [3.8, 4) is 11.5 Å². The number of nitrogens with one attached hydrogen (secondary N) is 1. The predicted octanol–water partition coefficient (Wildman–Crippen LogP) is 6.72. The first kappa shape index (κ1) is 23.6. The molecule has 1 heterocycles. The lowest BCUT2D eigenvalue weighted by atomic mass is 9.87. The van der Waals surface area contributed by atoms with E-state index in [1.54, 1.807) is 14.2 Å². The van der Waals surface area contributed by atoms with Gasteiger partial charge in [0.15, 0.2) is 0 Å². The minimum Gasteiger partial charge on any atom is -0.496 e. The van der Waals surface area contributed by atoms with Crippen LogP contribution in [0.15, 0.2) is 83.9 Å². The standard InChI is InChI=1S/C31H31N3O2/c1-31(2,3)23-16-13-21(14-17-23)20-34-26-11-7-6-10-25(26)33-30(34)32-19-22-15-18-27(35-4)24-9-8-12-28(36-5)29(22)24/h6-19H,20H2,1-5H3/p+1. The van der Waals surface area contributed by atoms with Crippen LogP contribution in [0.5, 0.6) is 11.5 Å². The summed E-state index contributed by atoms with van der Waals surface area (Å²) in [5.41, 5.74) is 5.81. The van der Waals surface area contributed by atoms with Crippen LogP contribution in [0.25, 0.3) is 21.8 Å². The molecule has 0 fully saturated rings. The van der Waals surface area contributed by atoms with Gasteiger partial charge in [0.25, 0.3) is 0 Å². The summed E-state index contributed by atoms with van der Waals surface area (Å²) >= 11 is 0. The third kappa shape index (κ3) is 4.44. The maximum atomic E-state index is 5.67. The lowest BCUT2D eigenvalue weighted by molar-refractivity contribution is -0.648. The number of para-hydroxylation sites is 2. The van der Waals surface area contributed by atoms with Crippen LogP contribution in [0.3, 0.4) is 0 Å². The number of benzene rings is 4. The molecule has 0 aliphatic carbocycles. The molecular weight excluding hydrogens is 446 g/mol. The fraction of sp³-hybridized carbons (Fsp3) is 0.226. The molecular formula is C31H32N3O2+. The molecule has 5 heteroatoms. The molecule has 5 rings (SSSR count). The van der Waals surface area contributed by atoms with Crippen LogP contribution in [-0.2, 0) is 12.0 Å². The largest absolute Gasteiger partial charge is 0.496 e. The second-order valence-corrected chi connectivity index (χ2v) is 10.00. The quantitative estimate of drug-likeness (QED) is 0.217. The zero-order valence-corrected chi connectivity index (χ0v) is 21.5. The van der Waals surface area contributed by atoms with Crippen LogP contribution >= 0.6 is 0 Å². The summed E-state index contributed by atoms with van der Waals surface area (Å²) in [5, 5.41) is 1.97. The molecule has 0 bridgehead atoms. The zero-order valence-electron chi connectivity index (χ0n) is 21.5. The van der Waals surface area contributed by atoms with E-state index in [1.165, 1.54) is 11.1 Å². The first-order valence-electron chi connectivity index (χ1n) is 12.2. The van der Waals surface area contributed by atoms with Crippen molar-refractivity contribution >= 4 is 34.0 Å². The molecule has 5 aromatic rings. The normalized spacial score (nSPS) is 12.0. The number of ether oxygens (including phenoxy) is 2. The molecule has 5 nitrogen and oxygen atoms in total. The van der Waals surface area contributed by atoms with Gasteiger partial charge in [-0.1, -0.05) is 74.3 Å². The summed E-state index contributed by atoms with van der Waals surface area (Å²) < 4.78 is 13.5. The molecule has 0 aliphatic rings. The van der Waals surface area contributed by atoms with Crippen LogP contribution in [0.2, 0.25) is 0 Å². The third-order valence-electron chi connectivity index (χ3n) is 6.62. The van der Waals surface area contributed by atoms with Gasteiger partial charge in [0.1, 0.15) is 28.7 Å². The Kier molecular flexibility index (Phi) is 6.23. The molecule has 1 N–H and O–H groups in total. The Bertz CT molecular complexity index is 1560. The lowest BCUT2D eigenvalue weighted by Gasteiger charge is -2.19. The maximum Gasteiger partial charge on any atom is 0.397 e. The molecule has 0 atom stereocenters. The van der Waals surface area contributed by atoms with Gasteiger partial charge >= 0.3 is 5.95 Å². The Balaban J connectivity index is 1.58. The van der Waals surface area contributed by atoms with E-state index in [0.717, 1.165) is 44.8 Å². The Morgan fingerprint density at radius 3 is 2.31 bits per heavy atom. The highest BCUT2D eigenvalue weighted by Crippen LogP contribution is 2.34. The number of H-pyrrole nitrogens is 1. The second-order valence-electron chi connectivity index (χ2n) is 10.00. The monoisotopic (exact) mass is 478 g/mol. The van der Waals surface area contributed by atoms with Crippen molar-refractivity contribution in [3.63, 3.8) is 0 Å². The summed E-state index contributed by atoms with van der Waals surface area (Å²) in [4.78, 5) is 8.43. The number of imidazole rings is 1. The van der Waals surface area contributed by atoms with E-state index in [1.807, 2.05) is 42.6 Å². The molecule has 36 heavy (non-hydrogen) atoms. The minimum absolute atomic E-state index is 0.129. The molecule has 0 radical (unpaired) electrons. The third-order valence-corrected chi connectivity index (χ3v) is 6.62. The maximum absolute atomic E-state index is 5.67. The SMILES string of the molecule is COc1ccc(C=Nc2[nH]c3ccccc3[n+]2Cc2ccc(C(C)(C)C)cc2)c2c(OC)cccc12. The van der Waals surface area contributed by atoms with Crippen molar-refractivity contribution in [1.82, 2.24) is 4.98 Å². The zero-order chi connectivity index (χ0) is 25.3. The van der Waals surface area contributed by atoms with Crippen LogP contribution in [-0.4, -0.2) is 25.4 Å². The van der Waals surface area contributed by atoms with Crippen molar-refractivity contribution < 1.29 is 14.0 Å². The highest BCUT2D eigenvalue weighted by atomic mass is 16.5. The number of aromatic nitrogens is 2. The number of hydrogen-bond donors (Lipinski definition) is 1. The molecule has 0 unspecified atom stereocenters. The number of nitrogens with zero attached hydrogens (tertiary/aromatic N) is 2. The van der Waals surface area contributed by atoms with Crippen molar-refractivity contribution in [1.29, 1.82) is 0 Å². The van der Waals surface area contributed by atoms with Gasteiger partial charge in [-0.05, 0) is 46.9 Å². The highest BCUT2D eigenvalue weighted by molar-refractivity contribution is 6.06. The Labute approximate surface area is 212 Å². The van der Waals surface area contributed by atoms with Gasteiger partial charge in [-0.25, -0.2) is 9.55 Å². The lowest BCUT2D eigenvalue weighted by Crippen LogP contribution is -2.33. The molecule has 0 saturated carbocycles.